The van der Waals surface area contributed by atoms with E-state index in [9.17, 15) is 24.6 Å². The van der Waals surface area contributed by atoms with Crippen molar-refractivity contribution in [2.75, 3.05) is 0 Å². The van der Waals surface area contributed by atoms with Gasteiger partial charge in [-0.15, -0.1) is 0 Å². The summed E-state index contributed by atoms with van der Waals surface area (Å²) in [5.74, 6) is -1.61. The number of cyclic esters (lactones) is 1. The van der Waals surface area contributed by atoms with E-state index in [1.807, 2.05) is 0 Å². The van der Waals surface area contributed by atoms with Crippen LogP contribution in [0.15, 0.2) is 16.9 Å². The molecule has 1 aromatic carbocycles. The van der Waals surface area contributed by atoms with E-state index in [1.54, 1.807) is 19.9 Å². The van der Waals surface area contributed by atoms with Crippen molar-refractivity contribution in [2.45, 2.75) is 82.8 Å². The zero-order valence-electron chi connectivity index (χ0n) is 21.7. The predicted molar refractivity (Wildman–Crippen MR) is 137 cm³/mol. The van der Waals surface area contributed by atoms with Crippen LogP contribution in [0.2, 0.25) is 0 Å². The zero-order valence-corrected chi connectivity index (χ0v) is 21.7. The van der Waals surface area contributed by atoms with Gasteiger partial charge in [0.05, 0.1) is 35.1 Å². The first-order chi connectivity index (χ1) is 18.6. The second-order valence-electron chi connectivity index (χ2n) is 11.3. The number of rotatable bonds is 3. The van der Waals surface area contributed by atoms with Crippen LogP contribution in [0.25, 0.3) is 22.3 Å². The van der Waals surface area contributed by atoms with Crippen LogP contribution in [0.5, 0.6) is 0 Å². The summed E-state index contributed by atoms with van der Waals surface area (Å²) in [7, 11) is 0. The average Bonchev–Trinajstić information content (AvgIpc) is 3.27. The molecule has 7 rings (SSSR count). The van der Waals surface area contributed by atoms with Crippen molar-refractivity contribution in [1.82, 2.24) is 14.9 Å². The van der Waals surface area contributed by atoms with E-state index < -0.39 is 29.1 Å². The number of hydrogen-bond acceptors (Lipinski definition) is 7. The van der Waals surface area contributed by atoms with Gasteiger partial charge in [0.25, 0.3) is 11.5 Å². The van der Waals surface area contributed by atoms with Gasteiger partial charge in [0.15, 0.2) is 5.60 Å². The molecule has 0 spiro atoms. The van der Waals surface area contributed by atoms with Crippen LogP contribution < -0.4 is 10.9 Å². The molecule has 0 bridgehead atoms. The number of nitrogens with zero attached hydrogens (tertiary/aromatic N) is 2. The fourth-order valence-electron chi connectivity index (χ4n) is 6.73. The molecule has 1 saturated carbocycles. The largest absolute Gasteiger partial charge is 0.458 e. The molecule has 1 fully saturated rings. The van der Waals surface area contributed by atoms with Gasteiger partial charge in [-0.25, -0.2) is 14.2 Å². The molecule has 202 valence electrons. The van der Waals surface area contributed by atoms with E-state index in [0.717, 1.165) is 28.5 Å². The maximum atomic E-state index is 15.0. The molecule has 1 amide bonds. The third-order valence-corrected chi connectivity index (χ3v) is 9.29. The molecule has 0 radical (unpaired) electrons. The Morgan fingerprint density at radius 1 is 1.23 bits per heavy atom. The minimum atomic E-state index is -1.96. The zero-order chi connectivity index (χ0) is 27.4. The summed E-state index contributed by atoms with van der Waals surface area (Å²) in [5, 5.41) is 25.7. The summed E-state index contributed by atoms with van der Waals surface area (Å²) in [6, 6.07) is 2.54. The second-order valence-corrected chi connectivity index (χ2v) is 11.3. The van der Waals surface area contributed by atoms with Gasteiger partial charge in [-0.3, -0.25) is 9.59 Å². The topological polar surface area (TPSA) is 131 Å². The van der Waals surface area contributed by atoms with Gasteiger partial charge in [-0.05, 0) is 68.2 Å². The highest BCUT2D eigenvalue weighted by Gasteiger charge is 2.47. The van der Waals surface area contributed by atoms with Gasteiger partial charge in [-0.2, -0.15) is 0 Å². The van der Waals surface area contributed by atoms with Crippen LogP contribution in [-0.4, -0.2) is 37.2 Å². The van der Waals surface area contributed by atoms with Crippen LogP contribution in [0.4, 0.5) is 4.39 Å². The highest BCUT2D eigenvalue weighted by molar-refractivity contribution is 5.94. The molecule has 4 aliphatic rings. The Kier molecular flexibility index (Phi) is 4.98. The number of halogens is 1. The number of benzene rings is 1. The Balaban J connectivity index is 1.47. The smallest absolute Gasteiger partial charge is 0.343 e. The summed E-state index contributed by atoms with van der Waals surface area (Å²) in [6.07, 6.45) is 2.65. The van der Waals surface area contributed by atoms with Gasteiger partial charge in [0, 0.05) is 22.6 Å². The molecule has 3 aromatic rings. The Morgan fingerprint density at radius 2 is 2.00 bits per heavy atom. The number of esters is 1. The molecule has 39 heavy (non-hydrogen) atoms. The van der Waals surface area contributed by atoms with Crippen molar-refractivity contribution in [2.24, 2.45) is 0 Å². The van der Waals surface area contributed by atoms with E-state index in [1.165, 1.54) is 10.6 Å². The molecule has 2 atom stereocenters. The SMILES string of the molecule is CC[C@@]1(O)C(=O)OCc2c1cc1n(c2=O)Cc2c-1nc1cc(F)c(C)c3c1c2[C@@H](NC(=O)C1(O)CCC1)CC3. The van der Waals surface area contributed by atoms with Crippen LogP contribution in [0.1, 0.15) is 78.5 Å². The molecule has 2 aliphatic carbocycles. The van der Waals surface area contributed by atoms with E-state index in [4.69, 9.17) is 9.72 Å². The summed E-state index contributed by atoms with van der Waals surface area (Å²) in [6.45, 7) is 3.30. The van der Waals surface area contributed by atoms with Crippen LogP contribution in [-0.2, 0) is 39.5 Å². The number of carbonyl (C=O) groups is 2. The normalized spacial score (nSPS) is 23.9. The fraction of sp³-hybridized carbons (Fsp3) is 0.448. The molecule has 4 heterocycles. The fourth-order valence-corrected chi connectivity index (χ4v) is 6.73. The monoisotopic (exact) mass is 533 g/mol. The summed E-state index contributed by atoms with van der Waals surface area (Å²) >= 11 is 0. The third-order valence-electron chi connectivity index (χ3n) is 9.29. The number of ether oxygens (including phenoxy) is 1. The van der Waals surface area contributed by atoms with Crippen molar-refractivity contribution >= 4 is 22.8 Å². The quantitative estimate of drug-likeness (QED) is 0.345. The minimum absolute atomic E-state index is 0.0237. The van der Waals surface area contributed by atoms with Gasteiger partial charge >= 0.3 is 5.97 Å². The van der Waals surface area contributed by atoms with E-state index in [2.05, 4.69) is 5.32 Å². The molecule has 3 N–H and O–H groups in total. The van der Waals surface area contributed by atoms with E-state index in [0.29, 0.717) is 48.2 Å². The van der Waals surface area contributed by atoms with Crippen molar-refractivity contribution in [3.05, 3.63) is 61.7 Å². The second kappa shape index (κ2) is 7.95. The Hall–Kier alpha value is -3.63. The average molecular weight is 534 g/mol. The molecular weight excluding hydrogens is 505 g/mol. The van der Waals surface area contributed by atoms with E-state index in [-0.39, 0.29) is 42.1 Å². The Morgan fingerprint density at radius 3 is 2.69 bits per heavy atom. The number of pyridine rings is 2. The maximum Gasteiger partial charge on any atom is 0.343 e. The minimum Gasteiger partial charge on any atom is -0.458 e. The van der Waals surface area contributed by atoms with Gasteiger partial charge in [0.2, 0.25) is 0 Å². The molecule has 0 saturated heterocycles. The molecular formula is C29H28FN3O6. The summed E-state index contributed by atoms with van der Waals surface area (Å²) in [4.78, 5) is 44.1. The Labute approximate surface area is 222 Å². The van der Waals surface area contributed by atoms with Gasteiger partial charge < -0.3 is 24.8 Å². The predicted octanol–water partition coefficient (Wildman–Crippen LogP) is 2.55. The van der Waals surface area contributed by atoms with Crippen molar-refractivity contribution in [1.29, 1.82) is 0 Å². The Bertz CT molecular complexity index is 1710. The lowest BCUT2D eigenvalue weighted by Gasteiger charge is -2.37. The van der Waals surface area contributed by atoms with Crippen molar-refractivity contribution < 1.29 is 28.9 Å². The number of carbonyl (C=O) groups excluding carboxylic acids is 2. The number of hydrogen-bond donors (Lipinski definition) is 3. The molecule has 2 aliphatic heterocycles. The number of nitrogens with one attached hydrogen (secondary N) is 1. The first-order valence-electron chi connectivity index (χ1n) is 13.4. The van der Waals surface area contributed by atoms with Crippen LogP contribution >= 0.6 is 0 Å². The van der Waals surface area contributed by atoms with Gasteiger partial charge in [-0.1, -0.05) is 6.92 Å². The summed E-state index contributed by atoms with van der Waals surface area (Å²) in [5.41, 5.74) is 0.822. The lowest BCUT2D eigenvalue weighted by molar-refractivity contribution is -0.172. The third kappa shape index (κ3) is 3.12. The van der Waals surface area contributed by atoms with E-state index >= 15 is 4.39 Å². The number of fused-ring (bicyclic) bond motifs is 5. The van der Waals surface area contributed by atoms with Crippen LogP contribution in [0, 0.1) is 12.7 Å². The molecule has 9 nitrogen and oxygen atoms in total. The number of aliphatic hydroxyl groups is 2. The first-order valence-corrected chi connectivity index (χ1v) is 13.4. The lowest BCUT2D eigenvalue weighted by atomic mass is 9.78. The van der Waals surface area contributed by atoms with Crippen molar-refractivity contribution in [3.63, 3.8) is 0 Å². The van der Waals surface area contributed by atoms with Crippen molar-refractivity contribution in [3.8, 4) is 11.4 Å². The molecule has 10 heteroatoms. The molecule has 2 aromatic heterocycles. The standard InChI is InChI=1S/C29H28FN3O6/c1-3-29(38)17-9-21-24-15(11-33(21)25(34)16(17)12-39-27(29)36)23-19(32-26(35)28(37)7-4-8-28)6-5-14-13(2)18(30)10-20(31-24)22(14)23/h9-10,19,37-38H,3-8,11-12H2,1-2H3,(H,32,35)/t19-,29-/m0/s1. The first kappa shape index (κ1) is 24.4. The highest BCUT2D eigenvalue weighted by Crippen LogP contribution is 2.46. The number of aromatic nitrogens is 2. The number of aryl methyl sites for hydroxylation is 1. The molecule has 0 unspecified atom stereocenters. The lowest BCUT2D eigenvalue weighted by Crippen LogP contribution is -2.52. The highest BCUT2D eigenvalue weighted by atomic mass is 19.1. The maximum absolute atomic E-state index is 15.0. The van der Waals surface area contributed by atoms with Crippen LogP contribution in [0.3, 0.4) is 0 Å². The van der Waals surface area contributed by atoms with Gasteiger partial charge in [0.1, 0.15) is 18.0 Å². The number of amides is 1. The summed E-state index contributed by atoms with van der Waals surface area (Å²) < 4.78 is 21.7.